The van der Waals surface area contributed by atoms with Crippen LogP contribution in [0.3, 0.4) is 0 Å². The summed E-state index contributed by atoms with van der Waals surface area (Å²) in [6.07, 6.45) is 0.464. The molecule has 4 nitrogen and oxygen atoms in total. The van der Waals surface area contributed by atoms with Crippen molar-refractivity contribution in [2.24, 2.45) is 17.8 Å². The van der Waals surface area contributed by atoms with Crippen molar-refractivity contribution in [3.63, 3.8) is 0 Å². The van der Waals surface area contributed by atoms with Crippen LogP contribution in [0.1, 0.15) is 38.2 Å². The van der Waals surface area contributed by atoms with Crippen LogP contribution in [-0.2, 0) is 19.1 Å². The second-order valence-corrected chi connectivity index (χ2v) is 6.65. The molecule has 0 spiro atoms. The Morgan fingerprint density at radius 3 is 2.55 bits per heavy atom. The molecule has 2 fully saturated rings. The smallest absolute Gasteiger partial charge is 0.325 e. The fraction of sp³-hybridized carbons (Fsp3) is 0.500. The third-order valence-corrected chi connectivity index (χ3v) is 4.45. The zero-order chi connectivity index (χ0) is 15.9. The van der Waals surface area contributed by atoms with E-state index in [1.54, 1.807) is 0 Å². The molecule has 22 heavy (non-hydrogen) atoms. The lowest BCUT2D eigenvalue weighted by Crippen LogP contribution is -2.30. The van der Waals surface area contributed by atoms with Crippen LogP contribution in [0.2, 0.25) is 0 Å². The summed E-state index contributed by atoms with van der Waals surface area (Å²) in [5.74, 6) is -2.28. The Labute approximate surface area is 129 Å². The molecule has 1 aliphatic heterocycles. The number of Topliss-reactive ketones (excluding diaryl/α,β-unsaturated/α-hetero) is 2. The number of carbonyl (C=O) groups excluding carboxylic acids is 3. The van der Waals surface area contributed by atoms with E-state index in [0.29, 0.717) is 6.42 Å². The largest absolute Gasteiger partial charge is 0.453 e. The summed E-state index contributed by atoms with van der Waals surface area (Å²) in [7, 11) is 0. The molecule has 1 saturated carbocycles. The van der Waals surface area contributed by atoms with Crippen LogP contribution in [0.15, 0.2) is 30.3 Å². The highest BCUT2D eigenvalue weighted by Crippen LogP contribution is 2.49. The zero-order valence-corrected chi connectivity index (χ0v) is 12.8. The van der Waals surface area contributed by atoms with E-state index >= 15 is 0 Å². The molecule has 0 radical (unpaired) electrons. The maximum atomic E-state index is 12.5. The third-order valence-electron chi connectivity index (χ3n) is 4.45. The minimum Gasteiger partial charge on any atom is -0.453 e. The minimum atomic E-state index is -1.19. The summed E-state index contributed by atoms with van der Waals surface area (Å²) in [5, 5.41) is 0. The van der Waals surface area contributed by atoms with Gasteiger partial charge in [-0.05, 0) is 30.2 Å². The molecule has 0 N–H and O–H groups in total. The molecule has 4 atom stereocenters. The molecule has 0 bridgehead atoms. The number of benzene rings is 1. The van der Waals surface area contributed by atoms with Crippen LogP contribution in [0, 0.1) is 17.8 Å². The van der Waals surface area contributed by atoms with E-state index in [-0.39, 0.29) is 29.3 Å². The fourth-order valence-corrected chi connectivity index (χ4v) is 3.21. The van der Waals surface area contributed by atoms with Gasteiger partial charge in [0.1, 0.15) is 0 Å². The first-order chi connectivity index (χ1) is 10.5. The van der Waals surface area contributed by atoms with Gasteiger partial charge in [-0.25, -0.2) is 0 Å². The molecule has 1 heterocycles. The van der Waals surface area contributed by atoms with E-state index in [1.165, 1.54) is 0 Å². The van der Waals surface area contributed by atoms with E-state index in [9.17, 15) is 14.4 Å². The molecule has 3 rings (SSSR count). The van der Waals surface area contributed by atoms with Crippen molar-refractivity contribution in [2.75, 3.05) is 0 Å². The van der Waals surface area contributed by atoms with Crippen molar-refractivity contribution in [3.05, 3.63) is 35.9 Å². The molecule has 1 aromatic carbocycles. The molecular weight excluding hydrogens is 280 g/mol. The lowest BCUT2D eigenvalue weighted by Gasteiger charge is -2.09. The van der Waals surface area contributed by atoms with Crippen molar-refractivity contribution >= 4 is 17.5 Å². The van der Waals surface area contributed by atoms with Crippen molar-refractivity contribution in [2.45, 2.75) is 38.7 Å². The summed E-state index contributed by atoms with van der Waals surface area (Å²) in [5.41, 5.74) is 1.10. The Morgan fingerprint density at radius 2 is 1.91 bits per heavy atom. The minimum absolute atomic E-state index is 0.137. The van der Waals surface area contributed by atoms with Gasteiger partial charge in [0, 0.05) is 5.92 Å². The number of cyclic esters (lactones) is 1. The predicted molar refractivity (Wildman–Crippen MR) is 80.1 cm³/mol. The molecule has 116 valence electrons. The van der Waals surface area contributed by atoms with E-state index in [0.717, 1.165) is 12.0 Å². The van der Waals surface area contributed by atoms with Crippen molar-refractivity contribution in [1.82, 2.24) is 0 Å². The zero-order valence-electron chi connectivity index (χ0n) is 12.8. The van der Waals surface area contributed by atoms with Crippen LogP contribution in [0.25, 0.3) is 0 Å². The van der Waals surface area contributed by atoms with Gasteiger partial charge >= 0.3 is 5.97 Å². The number of carbonyl (C=O) groups is 3. The van der Waals surface area contributed by atoms with Gasteiger partial charge < -0.3 is 4.74 Å². The molecule has 4 unspecified atom stereocenters. The molecule has 1 saturated heterocycles. The summed E-state index contributed by atoms with van der Waals surface area (Å²) in [4.78, 5) is 36.8. The first-order valence-electron chi connectivity index (χ1n) is 7.82. The number of esters is 1. The number of hydrogen-bond acceptors (Lipinski definition) is 4. The Kier molecular flexibility index (Phi) is 3.85. The van der Waals surface area contributed by atoms with Gasteiger partial charge in [-0.3, -0.25) is 14.4 Å². The lowest BCUT2D eigenvalue weighted by atomic mass is 9.91. The quantitative estimate of drug-likeness (QED) is 0.619. The number of ketones is 2. The maximum Gasteiger partial charge on any atom is 0.325 e. The van der Waals surface area contributed by atoms with Crippen molar-refractivity contribution < 1.29 is 19.1 Å². The standard InChI is InChI=1S/C18H20O4/c1-10(2)8-14-17(20)15(18(21)22-14)16(19)13-9-12(13)11-6-4-3-5-7-11/h3-7,10,12-15H,8-9H2,1-2H3. The first kappa shape index (κ1) is 14.9. The summed E-state index contributed by atoms with van der Waals surface area (Å²) < 4.78 is 5.13. The lowest BCUT2D eigenvalue weighted by molar-refractivity contribution is -0.147. The van der Waals surface area contributed by atoms with E-state index in [1.807, 2.05) is 44.2 Å². The van der Waals surface area contributed by atoms with Gasteiger partial charge in [-0.15, -0.1) is 0 Å². The number of hydrogen-bond donors (Lipinski definition) is 0. The normalized spacial score (nSPS) is 30.5. The molecule has 4 heteroatoms. The Bertz CT molecular complexity index is 605. The van der Waals surface area contributed by atoms with Crippen LogP contribution in [0.4, 0.5) is 0 Å². The molecule has 2 aliphatic rings. The highest BCUT2D eigenvalue weighted by molar-refractivity contribution is 6.22. The van der Waals surface area contributed by atoms with Gasteiger partial charge in [-0.1, -0.05) is 44.2 Å². The van der Waals surface area contributed by atoms with Gasteiger partial charge in [0.05, 0.1) is 0 Å². The fourth-order valence-electron chi connectivity index (χ4n) is 3.21. The topological polar surface area (TPSA) is 60.4 Å². The Hall–Kier alpha value is -1.97. The van der Waals surface area contributed by atoms with Crippen LogP contribution in [-0.4, -0.2) is 23.6 Å². The van der Waals surface area contributed by atoms with Gasteiger partial charge in [-0.2, -0.15) is 0 Å². The number of ether oxygens (including phenoxy) is 1. The van der Waals surface area contributed by atoms with Gasteiger partial charge in [0.2, 0.25) is 0 Å². The van der Waals surface area contributed by atoms with Crippen LogP contribution in [0.5, 0.6) is 0 Å². The monoisotopic (exact) mass is 300 g/mol. The second-order valence-electron chi connectivity index (χ2n) is 6.65. The third kappa shape index (κ3) is 2.70. The average Bonchev–Trinajstić information content (AvgIpc) is 3.22. The van der Waals surface area contributed by atoms with Gasteiger partial charge in [0.15, 0.2) is 23.6 Å². The van der Waals surface area contributed by atoms with Gasteiger partial charge in [0.25, 0.3) is 0 Å². The van der Waals surface area contributed by atoms with Crippen molar-refractivity contribution in [1.29, 1.82) is 0 Å². The van der Waals surface area contributed by atoms with Crippen molar-refractivity contribution in [3.8, 4) is 0 Å². The molecule has 1 aromatic rings. The highest BCUT2D eigenvalue weighted by Gasteiger charge is 2.54. The average molecular weight is 300 g/mol. The first-order valence-corrected chi connectivity index (χ1v) is 7.82. The number of rotatable bonds is 5. The van der Waals surface area contributed by atoms with E-state index in [4.69, 9.17) is 4.74 Å². The summed E-state index contributed by atoms with van der Waals surface area (Å²) in [6.45, 7) is 3.92. The van der Waals surface area contributed by atoms with Crippen LogP contribution < -0.4 is 0 Å². The van der Waals surface area contributed by atoms with Crippen LogP contribution >= 0.6 is 0 Å². The molecular formula is C18H20O4. The Morgan fingerprint density at radius 1 is 1.23 bits per heavy atom. The SMILES string of the molecule is CC(C)CC1OC(=O)C(C(=O)C2CC2c2ccccc2)C1=O. The second kappa shape index (κ2) is 5.67. The van der Waals surface area contributed by atoms with E-state index in [2.05, 4.69) is 0 Å². The Balaban J connectivity index is 1.69. The summed E-state index contributed by atoms with van der Waals surface area (Å²) in [6, 6.07) is 9.76. The molecule has 1 aliphatic carbocycles. The van der Waals surface area contributed by atoms with E-state index < -0.39 is 18.0 Å². The predicted octanol–water partition coefficient (Wildman–Crippen LogP) is 2.52. The molecule has 0 amide bonds. The highest BCUT2D eigenvalue weighted by atomic mass is 16.6. The maximum absolute atomic E-state index is 12.5. The molecule has 0 aromatic heterocycles. The summed E-state index contributed by atoms with van der Waals surface area (Å²) >= 11 is 0.